The van der Waals surface area contributed by atoms with Crippen molar-refractivity contribution in [2.75, 3.05) is 12.8 Å². The van der Waals surface area contributed by atoms with Crippen molar-refractivity contribution in [3.05, 3.63) is 24.0 Å². The molecule has 0 spiro atoms. The van der Waals surface area contributed by atoms with Gasteiger partial charge in [0.05, 0.1) is 4.90 Å². The van der Waals surface area contributed by atoms with E-state index in [2.05, 4.69) is 4.72 Å². The van der Waals surface area contributed by atoms with Crippen LogP contribution in [0.15, 0.2) is 28.0 Å². The van der Waals surface area contributed by atoms with Crippen LogP contribution in [-0.2, 0) is 19.9 Å². The van der Waals surface area contributed by atoms with Crippen molar-refractivity contribution in [3.8, 4) is 0 Å². The Morgan fingerprint density at radius 1 is 1.30 bits per heavy atom. The molecule has 0 amide bonds. The van der Waals surface area contributed by atoms with E-state index in [9.17, 15) is 21.2 Å². The van der Waals surface area contributed by atoms with Crippen LogP contribution in [0.4, 0.5) is 4.39 Å². The average molecular weight is 324 g/mol. The average Bonchev–Trinajstić information content (AvgIpc) is 2.34. The number of nitrogens with two attached hydrogens (primary N) is 1. The molecule has 6 nitrogen and oxygen atoms in total. The topological polar surface area (TPSA) is 106 Å². The standard InChI is InChI=1S/C11H17FN2O4S2/c1-3-8(7-13)14-20(17,18)11-6-9(19(2,15)16)4-5-10(11)12/h4-6,8,14H,3,7,13H2,1-2H3. The van der Waals surface area contributed by atoms with Gasteiger partial charge < -0.3 is 5.73 Å². The Balaban J connectivity index is 3.31. The van der Waals surface area contributed by atoms with Gasteiger partial charge in [-0.3, -0.25) is 0 Å². The summed E-state index contributed by atoms with van der Waals surface area (Å²) in [5.41, 5.74) is 5.39. The molecule has 1 rings (SSSR count). The highest BCUT2D eigenvalue weighted by Gasteiger charge is 2.24. The van der Waals surface area contributed by atoms with Crippen LogP contribution in [0.25, 0.3) is 0 Å². The molecule has 0 aliphatic carbocycles. The summed E-state index contributed by atoms with van der Waals surface area (Å²) in [5.74, 6) is -1.02. The molecule has 1 atom stereocenters. The molecule has 0 radical (unpaired) electrons. The molecule has 0 aliphatic heterocycles. The van der Waals surface area contributed by atoms with Gasteiger partial charge in [0, 0.05) is 18.8 Å². The van der Waals surface area contributed by atoms with Crippen LogP contribution in [0.1, 0.15) is 13.3 Å². The normalized spacial score (nSPS) is 14.2. The van der Waals surface area contributed by atoms with E-state index in [-0.39, 0.29) is 11.4 Å². The third-order valence-electron chi connectivity index (χ3n) is 2.72. The van der Waals surface area contributed by atoms with Gasteiger partial charge in [-0.05, 0) is 24.6 Å². The molecule has 0 fully saturated rings. The third-order valence-corrected chi connectivity index (χ3v) is 5.37. The second-order valence-corrected chi connectivity index (χ2v) is 8.02. The fraction of sp³-hybridized carbons (Fsp3) is 0.455. The van der Waals surface area contributed by atoms with E-state index in [1.54, 1.807) is 6.92 Å². The highest BCUT2D eigenvalue weighted by atomic mass is 32.2. The Kier molecular flexibility index (Phi) is 5.25. The van der Waals surface area contributed by atoms with Crippen molar-refractivity contribution < 1.29 is 21.2 Å². The van der Waals surface area contributed by atoms with Crippen LogP contribution in [0.2, 0.25) is 0 Å². The highest BCUT2D eigenvalue weighted by Crippen LogP contribution is 2.19. The first-order valence-corrected chi connectivity index (χ1v) is 9.21. The van der Waals surface area contributed by atoms with E-state index in [0.29, 0.717) is 6.42 Å². The number of sulfone groups is 1. The smallest absolute Gasteiger partial charge is 0.243 e. The lowest BCUT2D eigenvalue weighted by atomic mass is 10.2. The Bertz CT molecular complexity index is 682. The Labute approximate surface area is 118 Å². The quantitative estimate of drug-likeness (QED) is 0.729. The molecular weight excluding hydrogens is 307 g/mol. The monoisotopic (exact) mass is 324 g/mol. The number of halogens is 1. The van der Waals surface area contributed by atoms with Crippen molar-refractivity contribution in [1.82, 2.24) is 4.72 Å². The summed E-state index contributed by atoms with van der Waals surface area (Å²) in [6.07, 6.45) is 1.35. The fourth-order valence-corrected chi connectivity index (χ4v) is 3.66. The van der Waals surface area contributed by atoms with E-state index in [4.69, 9.17) is 5.73 Å². The molecule has 9 heteroatoms. The summed E-state index contributed by atoms with van der Waals surface area (Å²) in [7, 11) is -7.79. The molecular formula is C11H17FN2O4S2. The van der Waals surface area contributed by atoms with Crippen LogP contribution in [0.5, 0.6) is 0 Å². The van der Waals surface area contributed by atoms with Crippen LogP contribution < -0.4 is 10.5 Å². The first kappa shape index (κ1) is 17.0. The van der Waals surface area contributed by atoms with Gasteiger partial charge in [0.2, 0.25) is 10.0 Å². The number of hydrogen-bond donors (Lipinski definition) is 2. The van der Waals surface area contributed by atoms with Gasteiger partial charge >= 0.3 is 0 Å². The van der Waals surface area contributed by atoms with Gasteiger partial charge in [0.15, 0.2) is 9.84 Å². The number of hydrogen-bond acceptors (Lipinski definition) is 5. The molecule has 0 saturated heterocycles. The van der Waals surface area contributed by atoms with Gasteiger partial charge in [-0.25, -0.2) is 25.9 Å². The largest absolute Gasteiger partial charge is 0.329 e. The maximum Gasteiger partial charge on any atom is 0.243 e. The van der Waals surface area contributed by atoms with Gasteiger partial charge in [0.25, 0.3) is 0 Å². The second-order valence-electron chi connectivity index (χ2n) is 4.33. The summed E-state index contributed by atoms with van der Waals surface area (Å²) < 4.78 is 62.8. The number of rotatable bonds is 6. The van der Waals surface area contributed by atoms with E-state index >= 15 is 0 Å². The zero-order chi connectivity index (χ0) is 15.6. The molecule has 1 unspecified atom stereocenters. The molecule has 20 heavy (non-hydrogen) atoms. The van der Waals surface area contributed by atoms with Crippen molar-refractivity contribution in [1.29, 1.82) is 0 Å². The summed E-state index contributed by atoms with van der Waals surface area (Å²) in [4.78, 5) is -0.965. The van der Waals surface area contributed by atoms with Gasteiger partial charge in [-0.15, -0.1) is 0 Å². The lowest BCUT2D eigenvalue weighted by Gasteiger charge is -2.15. The van der Waals surface area contributed by atoms with Crippen molar-refractivity contribution in [2.45, 2.75) is 29.2 Å². The van der Waals surface area contributed by atoms with Crippen LogP contribution in [0, 0.1) is 5.82 Å². The Morgan fingerprint density at radius 2 is 1.90 bits per heavy atom. The first-order valence-electron chi connectivity index (χ1n) is 5.83. The summed E-state index contributed by atoms with van der Waals surface area (Å²) in [6, 6.07) is 2.09. The number of nitrogens with one attached hydrogen (secondary N) is 1. The Morgan fingerprint density at radius 3 is 2.35 bits per heavy atom. The maximum absolute atomic E-state index is 13.7. The molecule has 0 bridgehead atoms. The molecule has 1 aromatic carbocycles. The molecule has 0 saturated carbocycles. The van der Waals surface area contributed by atoms with Gasteiger partial charge in [-0.2, -0.15) is 0 Å². The molecule has 0 aromatic heterocycles. The highest BCUT2D eigenvalue weighted by molar-refractivity contribution is 7.91. The third kappa shape index (κ3) is 3.98. The fourth-order valence-electron chi connectivity index (χ4n) is 1.50. The lowest BCUT2D eigenvalue weighted by molar-refractivity contribution is 0.529. The minimum Gasteiger partial charge on any atom is -0.329 e. The Hall–Kier alpha value is -1.03. The zero-order valence-electron chi connectivity index (χ0n) is 11.1. The van der Waals surface area contributed by atoms with E-state index in [0.717, 1.165) is 24.5 Å². The molecule has 1 aromatic rings. The molecule has 0 aliphatic rings. The van der Waals surface area contributed by atoms with Crippen molar-refractivity contribution in [3.63, 3.8) is 0 Å². The molecule has 114 valence electrons. The van der Waals surface area contributed by atoms with Crippen LogP contribution >= 0.6 is 0 Å². The van der Waals surface area contributed by atoms with Gasteiger partial charge in [-0.1, -0.05) is 6.92 Å². The van der Waals surface area contributed by atoms with Crippen molar-refractivity contribution in [2.24, 2.45) is 5.73 Å². The van der Waals surface area contributed by atoms with Gasteiger partial charge in [0.1, 0.15) is 10.7 Å². The van der Waals surface area contributed by atoms with E-state index in [1.807, 2.05) is 0 Å². The van der Waals surface area contributed by atoms with E-state index in [1.165, 1.54) is 0 Å². The second kappa shape index (κ2) is 6.17. The number of sulfonamides is 1. The van der Waals surface area contributed by atoms with Crippen LogP contribution in [-0.4, -0.2) is 35.7 Å². The summed E-state index contributed by atoms with van der Waals surface area (Å²) in [5, 5.41) is 0. The predicted molar refractivity (Wildman–Crippen MR) is 73.0 cm³/mol. The van der Waals surface area contributed by atoms with E-state index < -0.39 is 36.6 Å². The molecule has 0 heterocycles. The molecule has 3 N–H and O–H groups in total. The predicted octanol–water partition coefficient (Wildman–Crippen LogP) is 0.245. The minimum atomic E-state index is -4.17. The number of benzene rings is 1. The van der Waals surface area contributed by atoms with Crippen molar-refractivity contribution >= 4 is 19.9 Å². The maximum atomic E-state index is 13.7. The SMILES string of the molecule is CCC(CN)NS(=O)(=O)c1cc(S(C)(=O)=O)ccc1F. The lowest BCUT2D eigenvalue weighted by Crippen LogP contribution is -2.39. The minimum absolute atomic E-state index is 0.0586. The first-order chi connectivity index (χ1) is 9.11. The summed E-state index contributed by atoms with van der Waals surface area (Å²) in [6.45, 7) is 1.78. The zero-order valence-corrected chi connectivity index (χ0v) is 12.8. The van der Waals surface area contributed by atoms with Crippen LogP contribution in [0.3, 0.4) is 0 Å². The summed E-state index contributed by atoms with van der Waals surface area (Å²) >= 11 is 0.